The van der Waals surface area contributed by atoms with Gasteiger partial charge in [-0.3, -0.25) is 14.8 Å². The van der Waals surface area contributed by atoms with E-state index in [0.29, 0.717) is 45.9 Å². The van der Waals surface area contributed by atoms with E-state index < -0.39 is 24.2 Å². The Balaban J connectivity index is 1.46. The molecule has 1 heterocycles. The summed E-state index contributed by atoms with van der Waals surface area (Å²) >= 11 is 0. The van der Waals surface area contributed by atoms with Crippen LogP contribution >= 0.6 is 0 Å². The van der Waals surface area contributed by atoms with Crippen molar-refractivity contribution >= 4 is 17.3 Å². The summed E-state index contributed by atoms with van der Waals surface area (Å²) in [5.41, 5.74) is 3.11. The number of ether oxygens (including phenoxy) is 1. The van der Waals surface area contributed by atoms with Crippen LogP contribution in [0.3, 0.4) is 0 Å². The Morgan fingerprint density at radius 3 is 2.50 bits per heavy atom. The van der Waals surface area contributed by atoms with Crippen molar-refractivity contribution in [3.8, 4) is 16.9 Å². The number of carbonyl (C=O) groups excluding carboxylic acids is 1. The molecule has 0 unspecified atom stereocenters. The van der Waals surface area contributed by atoms with Gasteiger partial charge in [0, 0.05) is 42.9 Å². The second-order valence-corrected chi connectivity index (χ2v) is 13.6. The number of fused-ring (bicyclic) bond motifs is 2. The second kappa shape index (κ2) is 12.5. The first-order chi connectivity index (χ1) is 20.8. The molecule has 11 heteroatoms. The van der Waals surface area contributed by atoms with Crippen LogP contribution in [0, 0.1) is 34.3 Å². The Morgan fingerprint density at radius 1 is 1.23 bits per heavy atom. The van der Waals surface area contributed by atoms with Crippen molar-refractivity contribution < 1.29 is 29.8 Å². The average molecular weight is 612 g/mol. The van der Waals surface area contributed by atoms with Crippen LogP contribution in [0.25, 0.3) is 11.1 Å². The van der Waals surface area contributed by atoms with Gasteiger partial charge in [-0.25, -0.2) is 0 Å². The maximum atomic E-state index is 14.0. The number of hydrogen-bond acceptors (Lipinski definition) is 10. The van der Waals surface area contributed by atoms with Gasteiger partial charge < -0.3 is 35.6 Å². The summed E-state index contributed by atoms with van der Waals surface area (Å²) in [7, 11) is 5.23. The van der Waals surface area contributed by atoms with E-state index in [0.717, 1.165) is 6.42 Å². The van der Waals surface area contributed by atoms with Crippen LogP contribution in [-0.2, 0) is 16.2 Å². The molecular weight excluding hydrogens is 564 g/mol. The molecule has 1 amide bonds. The van der Waals surface area contributed by atoms with Gasteiger partial charge in [0.05, 0.1) is 32.1 Å². The molecule has 6 rings (SSSR count). The predicted molar refractivity (Wildman–Crippen MR) is 168 cm³/mol. The zero-order valence-electron chi connectivity index (χ0n) is 26.7. The van der Waals surface area contributed by atoms with Crippen LogP contribution in [0.4, 0.5) is 11.4 Å². The van der Waals surface area contributed by atoms with Crippen molar-refractivity contribution in [2.45, 2.75) is 71.4 Å². The van der Waals surface area contributed by atoms with Crippen LogP contribution in [-0.4, -0.2) is 78.5 Å². The zero-order valence-corrected chi connectivity index (χ0v) is 26.7. The lowest BCUT2D eigenvalue weighted by Gasteiger charge is -2.62. The van der Waals surface area contributed by atoms with Crippen LogP contribution in [0.1, 0.15) is 46.1 Å². The van der Waals surface area contributed by atoms with Gasteiger partial charge in [-0.2, -0.15) is 5.06 Å². The first kappa shape index (κ1) is 32.5. The Bertz CT molecular complexity index is 1320. The Labute approximate surface area is 259 Å². The molecule has 3 aliphatic carbocycles. The van der Waals surface area contributed by atoms with Gasteiger partial charge in [-0.1, -0.05) is 39.0 Å². The van der Waals surface area contributed by atoms with E-state index in [1.165, 1.54) is 6.42 Å². The number of rotatable bonds is 10. The number of nitrogens with one attached hydrogen (secondary N) is 1. The Morgan fingerprint density at radius 2 is 1.93 bits per heavy atom. The summed E-state index contributed by atoms with van der Waals surface area (Å²) in [5, 5.41) is 47.2. The second-order valence-electron chi connectivity index (χ2n) is 13.6. The molecule has 2 aromatic carbocycles. The minimum Gasteiger partial charge on any atom is -0.733 e. The third-order valence-corrected chi connectivity index (χ3v) is 10.6. The number of hydrogen-bond donors (Lipinski definition) is 4. The van der Waals surface area contributed by atoms with Gasteiger partial charge in [-0.15, -0.1) is 0 Å². The third-order valence-electron chi connectivity index (χ3n) is 10.6. The molecule has 1 aliphatic heterocycles. The minimum atomic E-state index is -0.905. The SMILES string of the molecule is COc1c(CN2O[C@@H](CO)[C@H]([C@H](C)O)[C@H]2C(=O)N[C@H]2C[C@H]3C[C@@H]([C@@H]2C)C3(C)C)cccc1-c1cc(N(C)C)cc(N([O-])O)c1. The van der Waals surface area contributed by atoms with Crippen LogP contribution < -0.4 is 20.2 Å². The number of hydroxylamine groups is 2. The molecule has 8 atom stereocenters. The molecule has 11 nitrogen and oxygen atoms in total. The highest BCUT2D eigenvalue weighted by Crippen LogP contribution is 2.61. The molecule has 0 spiro atoms. The monoisotopic (exact) mass is 611 g/mol. The van der Waals surface area contributed by atoms with Gasteiger partial charge >= 0.3 is 0 Å². The lowest BCUT2D eigenvalue weighted by Crippen LogP contribution is -2.62. The van der Waals surface area contributed by atoms with Gasteiger partial charge in [-0.05, 0) is 66.7 Å². The number of nitrogens with zero attached hydrogens (tertiary/aromatic N) is 3. The molecule has 44 heavy (non-hydrogen) atoms. The number of anilines is 2. The van der Waals surface area contributed by atoms with E-state index >= 15 is 0 Å². The van der Waals surface area contributed by atoms with E-state index in [4.69, 9.17) is 9.57 Å². The number of carbonyl (C=O) groups is 1. The molecule has 0 aromatic heterocycles. The molecule has 0 radical (unpaired) electrons. The topological polar surface area (TPSA) is 141 Å². The molecule has 4 fully saturated rings. The number of methoxy groups -OCH3 is 1. The fourth-order valence-electron chi connectivity index (χ4n) is 7.95. The lowest BCUT2D eigenvalue weighted by atomic mass is 9.45. The summed E-state index contributed by atoms with van der Waals surface area (Å²) in [4.78, 5) is 22.0. The molecule has 1 saturated heterocycles. The highest BCUT2D eigenvalue weighted by Gasteiger charge is 2.57. The highest BCUT2D eigenvalue weighted by molar-refractivity contribution is 5.83. The maximum absolute atomic E-state index is 14.0. The fraction of sp³-hybridized carbons (Fsp3) is 0.606. The Kier molecular flexibility index (Phi) is 9.19. The number of aliphatic hydroxyl groups is 2. The quantitative estimate of drug-likeness (QED) is 0.293. The summed E-state index contributed by atoms with van der Waals surface area (Å²) in [5.74, 6) is 1.10. The first-order valence-electron chi connectivity index (χ1n) is 15.5. The van der Waals surface area contributed by atoms with Crippen molar-refractivity contribution in [3.63, 3.8) is 0 Å². The van der Waals surface area contributed by atoms with Crippen LogP contribution in [0.15, 0.2) is 36.4 Å². The Hall–Kier alpha value is -2.93. The van der Waals surface area contributed by atoms with Gasteiger partial charge in [0.1, 0.15) is 17.9 Å². The van der Waals surface area contributed by atoms with E-state index in [2.05, 4.69) is 26.1 Å². The molecule has 4 aliphatic rings. The summed E-state index contributed by atoms with van der Waals surface area (Å²) in [6.07, 6.45) is 0.453. The van der Waals surface area contributed by atoms with Gasteiger partial charge in [0.25, 0.3) is 0 Å². The van der Waals surface area contributed by atoms with E-state index in [9.17, 15) is 25.4 Å². The number of aliphatic hydroxyl groups excluding tert-OH is 2. The third kappa shape index (κ3) is 5.77. The molecule has 2 aromatic rings. The molecular formula is C33H47N4O7-. The van der Waals surface area contributed by atoms with E-state index in [1.807, 2.05) is 43.3 Å². The summed E-state index contributed by atoms with van der Waals surface area (Å²) < 4.78 is 5.89. The smallest absolute Gasteiger partial charge is 0.240 e. The van der Waals surface area contributed by atoms with Crippen LogP contribution in [0.5, 0.6) is 5.75 Å². The maximum Gasteiger partial charge on any atom is 0.240 e. The molecule has 2 bridgehead atoms. The van der Waals surface area contributed by atoms with Crippen molar-refractivity contribution in [1.82, 2.24) is 10.4 Å². The number of para-hydroxylation sites is 1. The van der Waals surface area contributed by atoms with E-state index in [-0.39, 0.29) is 41.4 Å². The van der Waals surface area contributed by atoms with Crippen molar-refractivity contribution in [1.29, 1.82) is 0 Å². The fourth-order valence-corrected chi connectivity index (χ4v) is 7.95. The first-order valence-corrected chi connectivity index (χ1v) is 15.5. The number of benzene rings is 2. The van der Waals surface area contributed by atoms with Crippen molar-refractivity contribution in [2.75, 3.05) is 37.9 Å². The normalized spacial score (nSPS) is 29.9. The van der Waals surface area contributed by atoms with E-state index in [1.54, 1.807) is 31.2 Å². The average Bonchev–Trinajstić information content (AvgIpc) is 3.36. The molecule has 242 valence electrons. The minimum absolute atomic E-state index is 0.0343. The lowest BCUT2D eigenvalue weighted by molar-refractivity contribution is -0.183. The zero-order chi connectivity index (χ0) is 32.1. The van der Waals surface area contributed by atoms with Crippen LogP contribution in [0.2, 0.25) is 0 Å². The summed E-state index contributed by atoms with van der Waals surface area (Å²) in [6.45, 7) is 8.27. The van der Waals surface area contributed by atoms with Crippen molar-refractivity contribution in [2.24, 2.45) is 29.1 Å². The van der Waals surface area contributed by atoms with Gasteiger partial charge in [0.15, 0.2) is 0 Å². The molecule has 3 saturated carbocycles. The predicted octanol–water partition coefficient (Wildman–Crippen LogP) is 3.78. The largest absolute Gasteiger partial charge is 0.733 e. The highest BCUT2D eigenvalue weighted by atomic mass is 16.8. The van der Waals surface area contributed by atoms with Crippen molar-refractivity contribution in [3.05, 3.63) is 47.2 Å². The van der Waals surface area contributed by atoms with Gasteiger partial charge in [0.2, 0.25) is 5.91 Å². The molecule has 4 N–H and O–H groups in total. The standard InChI is InChI=1S/C33H47N4O7/c1-18-26-13-22(33(26,3)4)14-27(18)34-32(40)30-29(19(2)39)28(17-38)44-36(30)16-20-9-8-10-25(31(20)43-7)21-11-23(35(5)6)15-24(12-21)37(41)42/h8-12,15,18-19,22,26-30,38-39,41H,13-14,16-17H2,1-7H3,(H,34,40)/q-1/t18-,19-,22+,26-,27-,28-,29-,30-/m0/s1. The summed E-state index contributed by atoms with van der Waals surface area (Å²) in [6, 6.07) is 9.81. The number of amides is 1.